The number of aromatic amines is 1. The van der Waals surface area contributed by atoms with Gasteiger partial charge in [0.1, 0.15) is 6.07 Å². The van der Waals surface area contributed by atoms with E-state index in [0.29, 0.717) is 5.82 Å². The molecular weight excluding hydrogens is 212 g/mol. The Balaban J connectivity index is 2.40. The second kappa shape index (κ2) is 4.30. The van der Waals surface area contributed by atoms with Crippen molar-refractivity contribution in [3.05, 3.63) is 35.8 Å². The third-order valence-corrected chi connectivity index (χ3v) is 2.65. The average molecular weight is 226 g/mol. The van der Waals surface area contributed by atoms with Crippen LogP contribution in [0.4, 0.5) is 5.69 Å². The van der Waals surface area contributed by atoms with Crippen LogP contribution in [0.1, 0.15) is 11.5 Å². The van der Waals surface area contributed by atoms with Crippen LogP contribution in [0.3, 0.4) is 0 Å². The molecule has 86 valence electrons. The van der Waals surface area contributed by atoms with E-state index in [1.54, 1.807) is 0 Å². The Morgan fingerprint density at radius 1 is 1.24 bits per heavy atom. The van der Waals surface area contributed by atoms with E-state index in [9.17, 15) is 0 Å². The van der Waals surface area contributed by atoms with Crippen molar-refractivity contribution < 1.29 is 0 Å². The second-order valence-corrected chi connectivity index (χ2v) is 4.11. The van der Waals surface area contributed by atoms with E-state index in [-0.39, 0.29) is 0 Å². The molecule has 2 rings (SSSR count). The minimum atomic E-state index is 0.356. The first-order valence-electron chi connectivity index (χ1n) is 5.36. The lowest BCUT2D eigenvalue weighted by molar-refractivity contribution is 1.13. The minimum Gasteiger partial charge on any atom is -0.378 e. The van der Waals surface area contributed by atoms with E-state index in [0.717, 1.165) is 22.6 Å². The summed E-state index contributed by atoms with van der Waals surface area (Å²) in [6.45, 7) is 1.92. The number of aromatic nitrogens is 2. The highest BCUT2D eigenvalue weighted by atomic mass is 15.1. The first-order chi connectivity index (χ1) is 8.11. The van der Waals surface area contributed by atoms with Crippen LogP contribution in [-0.2, 0) is 0 Å². The lowest BCUT2D eigenvalue weighted by Gasteiger charge is -2.12. The molecule has 4 nitrogen and oxygen atoms in total. The highest BCUT2D eigenvalue weighted by Gasteiger charge is 2.08. The molecule has 0 saturated carbocycles. The molecular formula is C13H14N4. The highest BCUT2D eigenvalue weighted by Crippen LogP contribution is 2.23. The largest absolute Gasteiger partial charge is 0.378 e. The van der Waals surface area contributed by atoms with Gasteiger partial charge in [0, 0.05) is 31.0 Å². The Hall–Kier alpha value is -2.28. The summed E-state index contributed by atoms with van der Waals surface area (Å²) in [5, 5.41) is 8.79. The van der Waals surface area contributed by atoms with Crippen molar-refractivity contribution in [3.8, 4) is 17.3 Å². The van der Waals surface area contributed by atoms with Crippen molar-refractivity contribution >= 4 is 5.69 Å². The molecule has 0 amide bonds. The molecule has 0 atom stereocenters. The van der Waals surface area contributed by atoms with Crippen molar-refractivity contribution in [3.63, 3.8) is 0 Å². The lowest BCUT2D eigenvalue weighted by atomic mass is 10.1. The molecule has 0 radical (unpaired) electrons. The van der Waals surface area contributed by atoms with E-state index in [2.05, 4.69) is 9.97 Å². The Morgan fingerprint density at radius 3 is 2.35 bits per heavy atom. The molecule has 0 aliphatic rings. The summed E-state index contributed by atoms with van der Waals surface area (Å²) in [4.78, 5) is 9.23. The number of nitrogens with one attached hydrogen (secondary N) is 1. The number of benzene rings is 1. The van der Waals surface area contributed by atoms with E-state index in [4.69, 9.17) is 5.26 Å². The first-order valence-corrected chi connectivity index (χ1v) is 5.36. The monoisotopic (exact) mass is 226 g/mol. The second-order valence-electron chi connectivity index (χ2n) is 4.11. The molecule has 0 aliphatic heterocycles. The fourth-order valence-electron chi connectivity index (χ4n) is 1.71. The summed E-state index contributed by atoms with van der Waals surface area (Å²) < 4.78 is 0. The summed E-state index contributed by atoms with van der Waals surface area (Å²) in [5.74, 6) is 0.356. The summed E-state index contributed by atoms with van der Waals surface area (Å²) in [5.41, 5.74) is 3.92. The summed E-state index contributed by atoms with van der Waals surface area (Å²) in [7, 11) is 4.01. The number of aryl methyl sites for hydroxylation is 1. The van der Waals surface area contributed by atoms with Crippen LogP contribution in [0.15, 0.2) is 24.3 Å². The van der Waals surface area contributed by atoms with Crippen LogP contribution in [-0.4, -0.2) is 24.1 Å². The number of nitrogens with zero attached hydrogens (tertiary/aromatic N) is 3. The number of nitriles is 1. The fourth-order valence-corrected chi connectivity index (χ4v) is 1.71. The number of hydrogen-bond acceptors (Lipinski definition) is 3. The molecule has 4 heteroatoms. The van der Waals surface area contributed by atoms with E-state index in [1.807, 2.05) is 56.3 Å². The lowest BCUT2D eigenvalue weighted by Crippen LogP contribution is -2.07. The zero-order valence-electron chi connectivity index (χ0n) is 10.2. The van der Waals surface area contributed by atoms with Gasteiger partial charge in [-0.2, -0.15) is 5.26 Å². The van der Waals surface area contributed by atoms with Crippen LogP contribution >= 0.6 is 0 Å². The molecule has 0 unspecified atom stereocenters. The van der Waals surface area contributed by atoms with Crippen molar-refractivity contribution in [2.24, 2.45) is 0 Å². The first kappa shape index (κ1) is 11.2. The normalized spacial score (nSPS) is 10.0. The van der Waals surface area contributed by atoms with Crippen LogP contribution in [0.25, 0.3) is 11.3 Å². The van der Waals surface area contributed by atoms with Gasteiger partial charge in [0.05, 0.1) is 5.69 Å². The van der Waals surface area contributed by atoms with Gasteiger partial charge >= 0.3 is 0 Å². The maximum atomic E-state index is 8.79. The number of rotatable bonds is 2. The van der Waals surface area contributed by atoms with Gasteiger partial charge in [-0.1, -0.05) is 12.1 Å². The van der Waals surface area contributed by atoms with Gasteiger partial charge in [-0.15, -0.1) is 0 Å². The van der Waals surface area contributed by atoms with Crippen LogP contribution in [0, 0.1) is 18.3 Å². The molecule has 0 fully saturated rings. The maximum Gasteiger partial charge on any atom is 0.210 e. The summed E-state index contributed by atoms with van der Waals surface area (Å²) >= 11 is 0. The fraction of sp³-hybridized carbons (Fsp3) is 0.231. The zero-order valence-corrected chi connectivity index (χ0v) is 10.2. The quantitative estimate of drug-likeness (QED) is 0.855. The van der Waals surface area contributed by atoms with Crippen molar-refractivity contribution in [2.75, 3.05) is 19.0 Å². The van der Waals surface area contributed by atoms with E-state index < -0.39 is 0 Å². The predicted molar refractivity (Wildman–Crippen MR) is 67.8 cm³/mol. The topological polar surface area (TPSA) is 55.7 Å². The Bertz CT molecular complexity index is 558. The van der Waals surface area contributed by atoms with Gasteiger partial charge in [0.15, 0.2) is 0 Å². The molecule has 0 saturated heterocycles. The van der Waals surface area contributed by atoms with Gasteiger partial charge in [-0.3, -0.25) is 0 Å². The molecule has 0 aliphatic carbocycles. The Labute approximate surface area is 101 Å². The van der Waals surface area contributed by atoms with Gasteiger partial charge in [0.2, 0.25) is 5.82 Å². The van der Waals surface area contributed by atoms with Crippen molar-refractivity contribution in [2.45, 2.75) is 6.92 Å². The molecule has 1 N–H and O–H groups in total. The minimum absolute atomic E-state index is 0.356. The number of H-pyrrole nitrogens is 1. The smallest absolute Gasteiger partial charge is 0.210 e. The Kier molecular flexibility index (Phi) is 2.84. The van der Waals surface area contributed by atoms with Gasteiger partial charge in [-0.25, -0.2) is 4.98 Å². The van der Waals surface area contributed by atoms with E-state index >= 15 is 0 Å². The van der Waals surface area contributed by atoms with Crippen molar-refractivity contribution in [1.82, 2.24) is 9.97 Å². The average Bonchev–Trinajstić information content (AvgIpc) is 2.71. The van der Waals surface area contributed by atoms with Crippen LogP contribution in [0.2, 0.25) is 0 Å². The van der Waals surface area contributed by atoms with Gasteiger partial charge in [0.25, 0.3) is 0 Å². The zero-order chi connectivity index (χ0) is 12.4. The number of anilines is 1. The van der Waals surface area contributed by atoms with Crippen LogP contribution in [0.5, 0.6) is 0 Å². The molecule has 2 aromatic rings. The summed E-state index contributed by atoms with van der Waals surface area (Å²) in [6.07, 6.45) is 0. The molecule has 0 spiro atoms. The highest BCUT2D eigenvalue weighted by molar-refractivity contribution is 5.65. The Morgan fingerprint density at radius 2 is 1.88 bits per heavy atom. The molecule has 17 heavy (non-hydrogen) atoms. The van der Waals surface area contributed by atoms with Crippen molar-refractivity contribution in [1.29, 1.82) is 5.26 Å². The maximum absolute atomic E-state index is 8.79. The third-order valence-electron chi connectivity index (χ3n) is 2.65. The molecule has 1 heterocycles. The third kappa shape index (κ3) is 2.13. The number of imidazole rings is 1. The number of hydrogen-bond donors (Lipinski definition) is 1. The molecule has 0 bridgehead atoms. The standard InChI is InChI=1S/C13H14N4/c1-9-13(16-12(8-14)15-9)10-4-6-11(7-5-10)17(2)3/h4-7H,1-3H3,(H,15,16). The molecule has 1 aromatic heterocycles. The van der Waals surface area contributed by atoms with E-state index in [1.165, 1.54) is 0 Å². The van der Waals surface area contributed by atoms with Gasteiger partial charge in [-0.05, 0) is 19.1 Å². The SMILES string of the molecule is Cc1[nH]c(C#N)nc1-c1ccc(N(C)C)cc1. The summed E-state index contributed by atoms with van der Waals surface area (Å²) in [6, 6.07) is 10.1. The van der Waals surface area contributed by atoms with Gasteiger partial charge < -0.3 is 9.88 Å². The molecule has 1 aromatic carbocycles. The predicted octanol–water partition coefficient (Wildman–Crippen LogP) is 2.32. The van der Waals surface area contributed by atoms with Crippen LogP contribution < -0.4 is 4.90 Å².